The van der Waals surface area contributed by atoms with Crippen LogP contribution in [0.4, 0.5) is 11.5 Å². The van der Waals surface area contributed by atoms with E-state index in [2.05, 4.69) is 32.2 Å². The third-order valence-corrected chi connectivity index (χ3v) is 5.52. The van der Waals surface area contributed by atoms with E-state index in [1.54, 1.807) is 36.5 Å². The minimum Gasteiger partial charge on any atom is -0.397 e. The number of thiophene rings is 1. The number of rotatable bonds is 7. The van der Waals surface area contributed by atoms with Gasteiger partial charge < -0.3 is 21.9 Å². The van der Waals surface area contributed by atoms with Crippen LogP contribution in [0.15, 0.2) is 60.1 Å². The number of anilines is 2. The van der Waals surface area contributed by atoms with Crippen LogP contribution in [0.3, 0.4) is 0 Å². The van der Waals surface area contributed by atoms with Crippen molar-refractivity contribution in [2.75, 3.05) is 11.5 Å². The van der Waals surface area contributed by atoms with Gasteiger partial charge >= 0.3 is 0 Å². The Morgan fingerprint density at radius 3 is 2.58 bits per heavy atom. The van der Waals surface area contributed by atoms with Gasteiger partial charge in [0.1, 0.15) is 17.3 Å². The summed E-state index contributed by atoms with van der Waals surface area (Å²) in [4.78, 5) is 14.2. The summed E-state index contributed by atoms with van der Waals surface area (Å²) in [5.41, 5.74) is 16.5. The van der Waals surface area contributed by atoms with E-state index in [1.165, 1.54) is 0 Å². The van der Waals surface area contributed by atoms with Crippen LogP contribution >= 0.6 is 11.3 Å². The Morgan fingerprint density at radius 2 is 1.97 bits per heavy atom. The highest BCUT2D eigenvalue weighted by Gasteiger charge is 2.17. The van der Waals surface area contributed by atoms with Crippen molar-refractivity contribution in [2.24, 2.45) is 0 Å². The number of aromatic nitrogens is 3. The van der Waals surface area contributed by atoms with Crippen LogP contribution in [0.2, 0.25) is 0 Å². The number of nitrogens with zero attached hydrogens (tertiary/aromatic N) is 3. The molecule has 0 saturated heterocycles. The molecule has 1 unspecified atom stereocenters. The molecular weight excluding hydrogens is 408 g/mol. The minimum absolute atomic E-state index is 0.334. The maximum atomic E-state index is 10.9. The van der Waals surface area contributed by atoms with Crippen LogP contribution in [-0.4, -0.2) is 20.1 Å². The van der Waals surface area contributed by atoms with Gasteiger partial charge in [0.25, 0.3) is 0 Å². The molecule has 7 nitrogen and oxygen atoms in total. The second-order valence-corrected chi connectivity index (χ2v) is 7.87. The summed E-state index contributed by atoms with van der Waals surface area (Å²) < 4.78 is 0. The highest BCUT2D eigenvalue weighted by molar-refractivity contribution is 7.13. The number of aliphatic hydroxyl groups excluding tert-OH is 1. The largest absolute Gasteiger partial charge is 0.397 e. The maximum Gasteiger partial charge on any atom is 0.170 e. The first-order chi connectivity index (χ1) is 14.8. The molecule has 3 heterocycles. The summed E-state index contributed by atoms with van der Waals surface area (Å²) in [6.07, 6.45) is 4.18. The van der Waals surface area contributed by atoms with Crippen molar-refractivity contribution in [1.29, 1.82) is 0 Å². The summed E-state index contributed by atoms with van der Waals surface area (Å²) in [7, 11) is 0. The summed E-state index contributed by atoms with van der Waals surface area (Å²) in [5.74, 6) is 0.907. The molecule has 0 fully saturated rings. The highest BCUT2D eigenvalue weighted by Crippen LogP contribution is 2.29. The van der Waals surface area contributed by atoms with Gasteiger partial charge in [-0.1, -0.05) is 18.7 Å². The predicted octanol–water partition coefficient (Wildman–Crippen LogP) is 4.14. The number of aryl methyl sites for hydroxylation is 2. The zero-order valence-corrected chi connectivity index (χ0v) is 18.6. The summed E-state index contributed by atoms with van der Waals surface area (Å²) >= 11 is 1.59. The van der Waals surface area contributed by atoms with Crippen molar-refractivity contribution >= 4 is 28.4 Å². The second-order valence-electron chi connectivity index (χ2n) is 6.96. The summed E-state index contributed by atoms with van der Waals surface area (Å²) in [6, 6.07) is 7.31. The summed E-state index contributed by atoms with van der Waals surface area (Å²) in [5, 5.41) is 16.0. The number of aliphatic hydroxyl groups is 1. The van der Waals surface area contributed by atoms with E-state index < -0.39 is 6.23 Å². The van der Waals surface area contributed by atoms with E-state index in [9.17, 15) is 5.11 Å². The van der Waals surface area contributed by atoms with Gasteiger partial charge in [-0.05, 0) is 56.0 Å². The number of pyridine rings is 1. The van der Waals surface area contributed by atoms with E-state index in [4.69, 9.17) is 11.5 Å². The Labute approximate surface area is 185 Å². The molecular formula is C23H26N6OS. The molecule has 3 rings (SSSR count). The molecule has 0 aliphatic rings. The van der Waals surface area contributed by atoms with Crippen molar-refractivity contribution in [2.45, 2.75) is 27.0 Å². The Hall–Kier alpha value is -3.49. The smallest absolute Gasteiger partial charge is 0.170 e. The van der Waals surface area contributed by atoms with Gasteiger partial charge in [0, 0.05) is 17.3 Å². The third-order valence-electron chi connectivity index (χ3n) is 4.45. The van der Waals surface area contributed by atoms with Crippen molar-refractivity contribution in [3.05, 3.63) is 82.9 Å². The normalized spacial score (nSPS) is 13.2. The number of hydrogen-bond acceptors (Lipinski definition) is 8. The fourth-order valence-electron chi connectivity index (χ4n) is 3.08. The zero-order valence-electron chi connectivity index (χ0n) is 17.8. The molecule has 0 amide bonds. The van der Waals surface area contributed by atoms with Crippen LogP contribution in [0.5, 0.6) is 0 Å². The van der Waals surface area contributed by atoms with Crippen LogP contribution in [0, 0.1) is 13.8 Å². The number of hydrogen-bond donors (Lipinski definition) is 4. The molecule has 0 spiro atoms. The number of allylic oxidation sites excluding steroid dienone is 4. The van der Waals surface area contributed by atoms with Crippen molar-refractivity contribution in [1.82, 2.24) is 20.3 Å². The average molecular weight is 435 g/mol. The van der Waals surface area contributed by atoms with Crippen LogP contribution in [0.25, 0.3) is 16.1 Å². The van der Waals surface area contributed by atoms with Gasteiger partial charge in [0.05, 0.1) is 22.0 Å². The van der Waals surface area contributed by atoms with E-state index in [0.717, 1.165) is 16.1 Å². The lowest BCUT2D eigenvalue weighted by molar-refractivity contribution is 0.149. The number of nitrogens with two attached hydrogens (primary N) is 2. The molecule has 0 radical (unpaired) electrons. The summed E-state index contributed by atoms with van der Waals surface area (Å²) in [6.45, 7) is 9.57. The Morgan fingerprint density at radius 1 is 1.19 bits per heavy atom. The topological polar surface area (TPSA) is 123 Å². The fraction of sp³-hybridized carbons (Fsp3) is 0.174. The Kier molecular flexibility index (Phi) is 6.84. The first-order valence-corrected chi connectivity index (χ1v) is 10.6. The van der Waals surface area contributed by atoms with Crippen LogP contribution < -0.4 is 16.8 Å². The molecule has 0 aromatic carbocycles. The highest BCUT2D eigenvalue weighted by atomic mass is 32.1. The van der Waals surface area contributed by atoms with Gasteiger partial charge in [-0.15, -0.1) is 11.3 Å². The van der Waals surface area contributed by atoms with Gasteiger partial charge in [0.2, 0.25) is 0 Å². The lowest BCUT2D eigenvalue weighted by atomic mass is 10.1. The van der Waals surface area contributed by atoms with Crippen LogP contribution in [-0.2, 0) is 0 Å². The standard InChI is InChI=1S/C23H26N6OS/c1-5-7-15(19-11-21(25)27-14(4)26-19)17(6-2)29-23(30)22-16(24)8-9-18(28-22)20-10-13(3)12-31-20/h5-12,23,29-30H,2,24H2,1,3-4H3,(H2,25,26,27)/b7-5-,17-15-. The number of nitrogens with one attached hydrogen (secondary N) is 1. The number of nitrogen functional groups attached to an aromatic ring is 2. The van der Waals surface area contributed by atoms with Gasteiger partial charge in [-0.3, -0.25) is 0 Å². The Balaban J connectivity index is 2.01. The van der Waals surface area contributed by atoms with Gasteiger partial charge in [-0.25, -0.2) is 15.0 Å². The molecule has 3 aromatic rings. The van der Waals surface area contributed by atoms with Crippen LogP contribution in [0.1, 0.15) is 35.9 Å². The molecule has 0 aliphatic carbocycles. The minimum atomic E-state index is -1.16. The fourth-order valence-corrected chi connectivity index (χ4v) is 3.95. The quantitative estimate of drug-likeness (QED) is 0.325. The Bertz CT molecular complexity index is 1140. The first-order valence-electron chi connectivity index (χ1n) is 9.69. The van der Waals surface area contributed by atoms with Gasteiger partial charge in [0.15, 0.2) is 6.23 Å². The van der Waals surface area contributed by atoms with E-state index in [0.29, 0.717) is 40.0 Å². The molecule has 0 saturated carbocycles. The lowest BCUT2D eigenvalue weighted by Crippen LogP contribution is -2.23. The van der Waals surface area contributed by atoms with Crippen molar-refractivity contribution < 1.29 is 5.11 Å². The van der Waals surface area contributed by atoms with Crippen molar-refractivity contribution in [3.8, 4) is 10.6 Å². The van der Waals surface area contributed by atoms with E-state index >= 15 is 0 Å². The SMILES string of the molecule is C=C/C(NC(O)c1nc(-c2cc(C)cs2)ccc1N)=C(\C=C/C)c1cc(N)nc(C)n1. The first kappa shape index (κ1) is 22.2. The molecule has 0 bridgehead atoms. The maximum absolute atomic E-state index is 10.9. The molecule has 0 aliphatic heterocycles. The predicted molar refractivity (Wildman–Crippen MR) is 128 cm³/mol. The average Bonchev–Trinajstić information content (AvgIpc) is 3.16. The van der Waals surface area contributed by atoms with E-state index in [1.807, 2.05) is 38.1 Å². The van der Waals surface area contributed by atoms with Crippen molar-refractivity contribution in [3.63, 3.8) is 0 Å². The van der Waals surface area contributed by atoms with E-state index in [-0.39, 0.29) is 0 Å². The molecule has 1 atom stereocenters. The molecule has 3 aromatic heterocycles. The molecule has 6 N–H and O–H groups in total. The third kappa shape index (κ3) is 5.17. The monoisotopic (exact) mass is 434 g/mol. The zero-order chi connectivity index (χ0) is 22.5. The van der Waals surface area contributed by atoms with Gasteiger partial charge in [-0.2, -0.15) is 0 Å². The second kappa shape index (κ2) is 9.55. The molecule has 31 heavy (non-hydrogen) atoms. The molecule has 8 heteroatoms. The lowest BCUT2D eigenvalue weighted by Gasteiger charge is -2.19. The molecule has 160 valence electrons.